The van der Waals surface area contributed by atoms with E-state index in [1.54, 1.807) is 0 Å². The van der Waals surface area contributed by atoms with Crippen molar-refractivity contribution in [2.45, 2.75) is 45.1 Å². The molecular weight excluding hydrogens is 188 g/mol. The summed E-state index contributed by atoms with van der Waals surface area (Å²) in [6.45, 7) is 8.05. The minimum Gasteiger partial charge on any atom is -0.396 e. The number of aliphatic hydroxyl groups excluding tert-OH is 1. The first-order valence-corrected chi connectivity index (χ1v) is 5.90. The average Bonchev–Trinajstić information content (AvgIpc) is 2.38. The standard InChI is InChI=1S/C13H22O2/c1-9-6-13(8-14)7-10(9)4-5-11(13)12(2,3)15/h10-11,14-15H,1,4-8H2,2-3H3/t10-,11+,13-/m1/s1. The SMILES string of the molecule is C=C1C[C@]2(CO)C[C@H]1CC[C@H]2C(C)(C)O. The first kappa shape index (κ1) is 11.2. The Morgan fingerprint density at radius 1 is 1.47 bits per heavy atom. The van der Waals surface area contributed by atoms with Gasteiger partial charge in [-0.3, -0.25) is 0 Å². The third-order valence-electron chi connectivity index (χ3n) is 4.52. The summed E-state index contributed by atoms with van der Waals surface area (Å²) < 4.78 is 0. The maximum atomic E-state index is 10.2. The Labute approximate surface area is 92.0 Å². The largest absolute Gasteiger partial charge is 0.396 e. The highest BCUT2D eigenvalue weighted by atomic mass is 16.3. The maximum Gasteiger partial charge on any atom is 0.0626 e. The summed E-state index contributed by atoms with van der Waals surface area (Å²) in [5, 5.41) is 19.9. The van der Waals surface area contributed by atoms with Crippen molar-refractivity contribution in [1.29, 1.82) is 0 Å². The fourth-order valence-corrected chi connectivity index (χ4v) is 3.88. The molecule has 0 aliphatic heterocycles. The normalized spacial score (nSPS) is 40.9. The molecule has 15 heavy (non-hydrogen) atoms. The molecule has 86 valence electrons. The topological polar surface area (TPSA) is 40.5 Å². The fraction of sp³-hybridized carbons (Fsp3) is 0.846. The zero-order valence-corrected chi connectivity index (χ0v) is 9.79. The van der Waals surface area contributed by atoms with Crippen LogP contribution in [0.5, 0.6) is 0 Å². The van der Waals surface area contributed by atoms with Gasteiger partial charge >= 0.3 is 0 Å². The summed E-state index contributed by atoms with van der Waals surface area (Å²) in [7, 11) is 0. The third kappa shape index (κ3) is 1.64. The van der Waals surface area contributed by atoms with Crippen molar-refractivity contribution in [2.24, 2.45) is 17.3 Å². The van der Waals surface area contributed by atoms with Crippen molar-refractivity contribution in [3.8, 4) is 0 Å². The van der Waals surface area contributed by atoms with Crippen molar-refractivity contribution in [3.05, 3.63) is 12.2 Å². The zero-order valence-electron chi connectivity index (χ0n) is 9.79. The van der Waals surface area contributed by atoms with E-state index in [0.29, 0.717) is 5.92 Å². The molecule has 2 fully saturated rings. The Morgan fingerprint density at radius 3 is 2.67 bits per heavy atom. The number of rotatable bonds is 2. The van der Waals surface area contributed by atoms with Crippen LogP contribution in [0.4, 0.5) is 0 Å². The molecule has 0 radical (unpaired) electrons. The average molecular weight is 210 g/mol. The highest BCUT2D eigenvalue weighted by Crippen LogP contribution is 2.58. The molecule has 0 heterocycles. The summed E-state index contributed by atoms with van der Waals surface area (Å²) in [6, 6.07) is 0. The van der Waals surface area contributed by atoms with Crippen molar-refractivity contribution in [3.63, 3.8) is 0 Å². The smallest absolute Gasteiger partial charge is 0.0626 e. The van der Waals surface area contributed by atoms with Gasteiger partial charge in [-0.05, 0) is 51.4 Å². The van der Waals surface area contributed by atoms with E-state index in [1.165, 1.54) is 5.57 Å². The van der Waals surface area contributed by atoms with E-state index >= 15 is 0 Å². The van der Waals surface area contributed by atoms with Crippen molar-refractivity contribution in [2.75, 3.05) is 6.61 Å². The molecule has 0 aromatic heterocycles. The Bertz CT molecular complexity index is 277. The van der Waals surface area contributed by atoms with E-state index in [0.717, 1.165) is 25.7 Å². The first-order valence-electron chi connectivity index (χ1n) is 5.90. The predicted molar refractivity (Wildman–Crippen MR) is 60.4 cm³/mol. The lowest BCUT2D eigenvalue weighted by atomic mass is 9.62. The molecule has 0 saturated heterocycles. The summed E-state index contributed by atoms with van der Waals surface area (Å²) in [5.74, 6) is 0.807. The van der Waals surface area contributed by atoms with Crippen LogP contribution in [-0.4, -0.2) is 22.4 Å². The van der Waals surface area contributed by atoms with Crippen LogP contribution in [0.15, 0.2) is 12.2 Å². The van der Waals surface area contributed by atoms with Gasteiger partial charge in [-0.1, -0.05) is 12.2 Å². The highest BCUT2D eigenvalue weighted by molar-refractivity contribution is 5.19. The monoisotopic (exact) mass is 210 g/mol. The Morgan fingerprint density at radius 2 is 2.13 bits per heavy atom. The quantitative estimate of drug-likeness (QED) is 0.685. The summed E-state index contributed by atoms with van der Waals surface area (Å²) >= 11 is 0. The van der Waals surface area contributed by atoms with Gasteiger partial charge < -0.3 is 10.2 Å². The first-order chi connectivity index (χ1) is 6.89. The maximum absolute atomic E-state index is 10.2. The summed E-state index contributed by atoms with van der Waals surface area (Å²) in [5.41, 5.74) is 0.520. The van der Waals surface area contributed by atoms with Crippen LogP contribution in [0.1, 0.15) is 39.5 Å². The number of hydrogen-bond acceptors (Lipinski definition) is 2. The van der Waals surface area contributed by atoms with E-state index in [9.17, 15) is 10.2 Å². The van der Waals surface area contributed by atoms with Crippen LogP contribution in [0.2, 0.25) is 0 Å². The van der Waals surface area contributed by atoms with Crippen LogP contribution in [-0.2, 0) is 0 Å². The van der Waals surface area contributed by atoms with E-state index < -0.39 is 5.60 Å². The van der Waals surface area contributed by atoms with Crippen molar-refractivity contribution in [1.82, 2.24) is 0 Å². The van der Waals surface area contributed by atoms with Crippen LogP contribution in [0.25, 0.3) is 0 Å². The number of allylic oxidation sites excluding steroid dienone is 1. The van der Waals surface area contributed by atoms with Gasteiger partial charge in [-0.25, -0.2) is 0 Å². The molecule has 2 aliphatic carbocycles. The minimum atomic E-state index is -0.682. The zero-order chi connectivity index (χ0) is 11.3. The molecule has 2 nitrogen and oxygen atoms in total. The number of fused-ring (bicyclic) bond motifs is 2. The second-order valence-electron chi connectivity index (χ2n) is 6.04. The molecule has 3 atom stereocenters. The molecule has 2 rings (SSSR count). The van der Waals surface area contributed by atoms with Crippen LogP contribution in [0.3, 0.4) is 0 Å². The molecule has 2 N–H and O–H groups in total. The lowest BCUT2D eigenvalue weighted by molar-refractivity contribution is -0.0864. The van der Waals surface area contributed by atoms with Crippen molar-refractivity contribution < 1.29 is 10.2 Å². The van der Waals surface area contributed by atoms with Gasteiger partial charge in [0.05, 0.1) is 5.60 Å². The van der Waals surface area contributed by atoms with Crippen LogP contribution in [0, 0.1) is 17.3 Å². The second kappa shape index (κ2) is 3.33. The molecule has 0 aromatic rings. The van der Waals surface area contributed by atoms with Gasteiger partial charge in [0.15, 0.2) is 0 Å². The molecule has 0 aromatic carbocycles. The van der Waals surface area contributed by atoms with Gasteiger partial charge in [0.2, 0.25) is 0 Å². The fourth-order valence-electron chi connectivity index (χ4n) is 3.88. The summed E-state index contributed by atoms with van der Waals surface area (Å²) in [4.78, 5) is 0. The van der Waals surface area contributed by atoms with E-state index in [-0.39, 0.29) is 17.9 Å². The molecule has 2 bridgehead atoms. The molecule has 2 aliphatic rings. The predicted octanol–water partition coefficient (Wildman–Crippen LogP) is 2.11. The summed E-state index contributed by atoms with van der Waals surface area (Å²) in [6.07, 6.45) is 4.09. The van der Waals surface area contributed by atoms with Crippen LogP contribution < -0.4 is 0 Å². The lowest BCUT2D eigenvalue weighted by Crippen LogP contribution is -2.46. The Hall–Kier alpha value is -0.340. The van der Waals surface area contributed by atoms with Crippen LogP contribution >= 0.6 is 0 Å². The second-order valence-corrected chi connectivity index (χ2v) is 6.04. The molecule has 0 spiro atoms. The van der Waals surface area contributed by atoms with Gasteiger partial charge in [0, 0.05) is 12.0 Å². The van der Waals surface area contributed by atoms with E-state index in [4.69, 9.17) is 0 Å². The van der Waals surface area contributed by atoms with E-state index in [1.807, 2.05) is 13.8 Å². The number of hydrogen-bond donors (Lipinski definition) is 2. The molecular formula is C13H22O2. The van der Waals surface area contributed by atoms with Gasteiger partial charge in [0.25, 0.3) is 0 Å². The van der Waals surface area contributed by atoms with Gasteiger partial charge in [-0.15, -0.1) is 0 Å². The lowest BCUT2D eigenvalue weighted by Gasteiger charge is -2.45. The molecule has 0 unspecified atom stereocenters. The van der Waals surface area contributed by atoms with Crippen molar-refractivity contribution >= 4 is 0 Å². The van der Waals surface area contributed by atoms with Gasteiger partial charge in [0.1, 0.15) is 0 Å². The number of aliphatic hydroxyl groups is 2. The third-order valence-corrected chi connectivity index (χ3v) is 4.52. The Balaban J connectivity index is 2.31. The molecule has 2 heteroatoms. The highest BCUT2D eigenvalue weighted by Gasteiger charge is 2.53. The van der Waals surface area contributed by atoms with E-state index in [2.05, 4.69) is 6.58 Å². The Kier molecular flexibility index (Phi) is 2.47. The molecule has 0 amide bonds. The molecule has 2 saturated carbocycles. The minimum absolute atomic E-state index is 0.0851. The van der Waals surface area contributed by atoms with Gasteiger partial charge in [-0.2, -0.15) is 0 Å².